The van der Waals surface area contributed by atoms with Crippen LogP contribution in [-0.2, 0) is 51.3 Å². The molecule has 3 amide bonds. The minimum Gasteiger partial charge on any atom is -0.481 e. The van der Waals surface area contributed by atoms with Crippen LogP contribution >= 0.6 is 0 Å². The highest BCUT2D eigenvalue weighted by molar-refractivity contribution is 5.86. The van der Waals surface area contributed by atoms with Crippen LogP contribution in [0.3, 0.4) is 0 Å². The highest BCUT2D eigenvalue weighted by atomic mass is 16.5. The standard InChI is InChI=1S/C36H58N6O12/c1-2-22-42-24-26(40-41-42)17-18-27(44)12-7-5-8-14-29(54-25-43)23-28(45)13-6-3-4-9-16-32(46)37-21-11-10-15-30(34(49)50)38-36(53)39-31(35(51)52)19-20-33(47)48/h24-25,29-31H,2-23H2,1H3,(H,37,46)(H,47,48)(H,49,50)(H,51,52)(H2,38,39,53)/t29-,30+,31+/m1/s1. The van der Waals surface area contributed by atoms with Gasteiger partial charge >= 0.3 is 23.9 Å². The zero-order valence-corrected chi connectivity index (χ0v) is 31.3. The van der Waals surface area contributed by atoms with Gasteiger partial charge in [0, 0.05) is 57.8 Å². The predicted molar refractivity (Wildman–Crippen MR) is 193 cm³/mol. The van der Waals surface area contributed by atoms with Crippen LogP contribution in [0.15, 0.2) is 6.20 Å². The number of carbonyl (C=O) groups is 8. The van der Waals surface area contributed by atoms with Crippen molar-refractivity contribution >= 4 is 47.9 Å². The number of aromatic nitrogens is 3. The Morgan fingerprint density at radius 2 is 1.37 bits per heavy atom. The molecule has 1 aromatic heterocycles. The van der Waals surface area contributed by atoms with Crippen LogP contribution in [0.2, 0.25) is 0 Å². The molecule has 1 heterocycles. The Balaban J connectivity index is 2.14. The fraction of sp³-hybridized carbons (Fsp3) is 0.722. The molecule has 0 saturated carbocycles. The summed E-state index contributed by atoms with van der Waals surface area (Å²) in [5.74, 6) is -3.99. The summed E-state index contributed by atoms with van der Waals surface area (Å²) >= 11 is 0. The molecule has 304 valence electrons. The predicted octanol–water partition coefficient (Wildman–Crippen LogP) is 3.34. The molecule has 0 radical (unpaired) electrons. The highest BCUT2D eigenvalue weighted by Gasteiger charge is 2.25. The number of rotatable bonds is 34. The van der Waals surface area contributed by atoms with Gasteiger partial charge in [0.25, 0.3) is 6.47 Å². The molecule has 18 nitrogen and oxygen atoms in total. The van der Waals surface area contributed by atoms with Gasteiger partial charge in [0.15, 0.2) is 0 Å². The molecule has 0 bridgehead atoms. The molecule has 3 atom stereocenters. The van der Waals surface area contributed by atoms with Crippen LogP contribution in [0, 0.1) is 0 Å². The minimum atomic E-state index is -1.49. The number of unbranched alkanes of at least 4 members (excludes halogenated alkanes) is 6. The van der Waals surface area contributed by atoms with Crippen molar-refractivity contribution in [2.45, 2.75) is 160 Å². The third kappa shape index (κ3) is 23.6. The van der Waals surface area contributed by atoms with Gasteiger partial charge in [-0.2, -0.15) is 0 Å². The van der Waals surface area contributed by atoms with Crippen LogP contribution in [0.4, 0.5) is 4.79 Å². The lowest BCUT2D eigenvalue weighted by Gasteiger charge is -2.18. The van der Waals surface area contributed by atoms with Crippen LogP contribution in [0.25, 0.3) is 0 Å². The third-order valence-corrected chi connectivity index (χ3v) is 8.59. The smallest absolute Gasteiger partial charge is 0.326 e. The number of carbonyl (C=O) groups excluding carboxylic acids is 5. The summed E-state index contributed by atoms with van der Waals surface area (Å²) < 4.78 is 6.91. The summed E-state index contributed by atoms with van der Waals surface area (Å²) in [6.07, 6.45) is 10.2. The van der Waals surface area contributed by atoms with Gasteiger partial charge < -0.3 is 36.0 Å². The van der Waals surface area contributed by atoms with Crippen molar-refractivity contribution in [3.8, 4) is 0 Å². The summed E-state index contributed by atoms with van der Waals surface area (Å²) in [6, 6.07) is -3.84. The van der Waals surface area contributed by atoms with Crippen LogP contribution in [0.5, 0.6) is 0 Å². The molecule has 0 fully saturated rings. The number of nitrogens with one attached hydrogen (secondary N) is 3. The number of hydrogen-bond donors (Lipinski definition) is 6. The van der Waals surface area contributed by atoms with Crippen molar-refractivity contribution in [1.29, 1.82) is 0 Å². The first-order chi connectivity index (χ1) is 25.8. The Morgan fingerprint density at radius 3 is 2.00 bits per heavy atom. The number of aryl methyl sites for hydroxylation is 2. The Hall–Kier alpha value is -4.90. The summed E-state index contributed by atoms with van der Waals surface area (Å²) in [6.45, 7) is 3.53. The van der Waals surface area contributed by atoms with E-state index in [1.807, 2.05) is 6.20 Å². The SMILES string of the molecule is CCCn1cc(CCC(=O)CCCCC[C@H](CC(=O)CCCCCCC(=O)NCCCC[C@H](NC(=O)N[C@@H](CCC(=O)O)C(=O)O)C(=O)O)OC=O)nn1. The van der Waals surface area contributed by atoms with Crippen molar-refractivity contribution < 1.29 is 58.4 Å². The Labute approximate surface area is 315 Å². The van der Waals surface area contributed by atoms with Crippen molar-refractivity contribution in [2.75, 3.05) is 6.54 Å². The normalized spacial score (nSPS) is 12.5. The van der Waals surface area contributed by atoms with Crippen molar-refractivity contribution in [3.05, 3.63) is 11.9 Å². The van der Waals surface area contributed by atoms with E-state index in [1.54, 1.807) is 4.68 Å². The number of Topliss-reactive ketones (excluding diaryl/α,β-unsaturated/α-hetero) is 2. The van der Waals surface area contributed by atoms with E-state index < -0.39 is 48.5 Å². The van der Waals surface area contributed by atoms with Crippen molar-refractivity contribution in [3.63, 3.8) is 0 Å². The van der Waals surface area contributed by atoms with Crippen LogP contribution < -0.4 is 16.0 Å². The van der Waals surface area contributed by atoms with Gasteiger partial charge in [-0.15, -0.1) is 5.10 Å². The second-order valence-corrected chi connectivity index (χ2v) is 13.3. The lowest BCUT2D eigenvalue weighted by Crippen LogP contribution is -2.51. The monoisotopic (exact) mass is 766 g/mol. The van der Waals surface area contributed by atoms with Crippen LogP contribution in [-0.4, -0.2) is 103 Å². The van der Waals surface area contributed by atoms with Gasteiger partial charge in [0.05, 0.1) is 5.69 Å². The largest absolute Gasteiger partial charge is 0.481 e. The van der Waals surface area contributed by atoms with Gasteiger partial charge in [-0.25, -0.2) is 14.4 Å². The summed E-state index contributed by atoms with van der Waals surface area (Å²) in [4.78, 5) is 93.4. The topological polar surface area (TPSA) is 273 Å². The minimum absolute atomic E-state index is 0.00630. The van der Waals surface area contributed by atoms with Gasteiger partial charge in [-0.3, -0.25) is 28.7 Å². The maximum Gasteiger partial charge on any atom is 0.326 e. The molecule has 6 N–H and O–H groups in total. The average molecular weight is 767 g/mol. The molecule has 0 aliphatic heterocycles. The van der Waals surface area contributed by atoms with E-state index >= 15 is 0 Å². The van der Waals surface area contributed by atoms with Gasteiger partial charge in [-0.1, -0.05) is 31.4 Å². The van der Waals surface area contributed by atoms with E-state index in [-0.39, 0.29) is 36.7 Å². The lowest BCUT2D eigenvalue weighted by atomic mass is 10.0. The molecule has 0 aromatic carbocycles. The number of aliphatic carboxylic acids is 3. The molecule has 54 heavy (non-hydrogen) atoms. The maximum absolute atomic E-state index is 12.5. The zero-order valence-electron chi connectivity index (χ0n) is 31.3. The first kappa shape index (κ1) is 47.1. The van der Waals surface area contributed by atoms with E-state index in [0.29, 0.717) is 77.2 Å². The van der Waals surface area contributed by atoms with E-state index in [0.717, 1.165) is 50.8 Å². The van der Waals surface area contributed by atoms with E-state index in [9.17, 15) is 43.5 Å². The molecule has 0 spiro atoms. The first-order valence-corrected chi connectivity index (χ1v) is 18.9. The lowest BCUT2D eigenvalue weighted by molar-refractivity contribution is -0.141. The van der Waals surface area contributed by atoms with Gasteiger partial charge in [0.1, 0.15) is 29.8 Å². The quantitative estimate of drug-likeness (QED) is 0.0434. The average Bonchev–Trinajstić information content (AvgIpc) is 3.57. The van der Waals surface area contributed by atoms with Crippen molar-refractivity contribution in [2.24, 2.45) is 0 Å². The second-order valence-electron chi connectivity index (χ2n) is 13.3. The molecular formula is C36H58N6O12. The van der Waals surface area contributed by atoms with Gasteiger partial charge in [-0.05, 0) is 70.6 Å². The number of amides is 3. The molecule has 0 aliphatic rings. The van der Waals surface area contributed by atoms with E-state index in [2.05, 4.69) is 33.2 Å². The summed E-state index contributed by atoms with van der Waals surface area (Å²) in [7, 11) is 0. The number of carboxylic acid groups (broad SMARTS) is 3. The first-order valence-electron chi connectivity index (χ1n) is 18.9. The molecule has 0 saturated heterocycles. The van der Waals surface area contributed by atoms with Crippen LogP contribution in [0.1, 0.15) is 135 Å². The summed E-state index contributed by atoms with van der Waals surface area (Å²) in [5.41, 5.74) is 0.813. The molecule has 0 unspecified atom stereocenters. The van der Waals surface area contributed by atoms with E-state index in [4.69, 9.17) is 14.9 Å². The number of hydrogen-bond acceptors (Lipinski definition) is 11. The number of nitrogens with zero attached hydrogens (tertiary/aromatic N) is 3. The zero-order chi connectivity index (χ0) is 40.1. The third-order valence-electron chi connectivity index (χ3n) is 8.59. The number of carboxylic acids is 3. The fourth-order valence-corrected chi connectivity index (χ4v) is 5.60. The molecule has 0 aliphatic carbocycles. The second kappa shape index (κ2) is 28.6. The molecule has 1 rings (SSSR count). The Morgan fingerprint density at radius 1 is 0.759 bits per heavy atom. The number of ether oxygens (including phenoxy) is 1. The van der Waals surface area contributed by atoms with Crippen molar-refractivity contribution in [1.82, 2.24) is 30.9 Å². The number of urea groups is 1. The molecule has 1 aromatic rings. The van der Waals surface area contributed by atoms with E-state index in [1.165, 1.54) is 0 Å². The Bertz CT molecular complexity index is 1340. The highest BCUT2D eigenvalue weighted by Crippen LogP contribution is 2.15. The maximum atomic E-state index is 12.5. The molecule has 18 heteroatoms. The summed E-state index contributed by atoms with van der Waals surface area (Å²) in [5, 5.41) is 42.4. The number of ketones is 2. The Kier molecular flexibility index (Phi) is 24.9. The fourth-order valence-electron chi connectivity index (χ4n) is 5.60. The van der Waals surface area contributed by atoms with Gasteiger partial charge in [0.2, 0.25) is 5.91 Å². The molecular weight excluding hydrogens is 708 g/mol.